The van der Waals surface area contributed by atoms with Gasteiger partial charge in [0.15, 0.2) is 5.78 Å². The van der Waals surface area contributed by atoms with Crippen LogP contribution in [0.1, 0.15) is 26.3 Å². The summed E-state index contributed by atoms with van der Waals surface area (Å²) in [5.74, 6) is 0.418. The van der Waals surface area contributed by atoms with E-state index in [-0.39, 0.29) is 5.78 Å². The van der Waals surface area contributed by atoms with Crippen molar-refractivity contribution in [3.8, 4) is 11.5 Å². The lowest BCUT2D eigenvalue weighted by Crippen LogP contribution is -2.09. The molecule has 0 aliphatic carbocycles. The molecule has 0 radical (unpaired) electrons. The molecule has 28 heavy (non-hydrogen) atoms. The number of benzene rings is 3. The molecule has 0 fully saturated rings. The fraction of sp³-hybridized carbons (Fsp3) is 0.0435. The largest absolute Gasteiger partial charge is 0.497 e. The maximum Gasteiger partial charge on any atom is 0.343 e. The number of halogens is 1. The van der Waals surface area contributed by atoms with Gasteiger partial charge in [-0.05, 0) is 66.7 Å². The van der Waals surface area contributed by atoms with E-state index in [0.717, 1.165) is 4.47 Å². The van der Waals surface area contributed by atoms with Crippen LogP contribution in [0.5, 0.6) is 11.5 Å². The number of carbonyl (C=O) groups is 2. The molecule has 0 spiro atoms. The topological polar surface area (TPSA) is 52.6 Å². The number of hydrogen-bond donors (Lipinski definition) is 0. The first-order valence-corrected chi connectivity index (χ1v) is 9.29. The molecule has 0 aliphatic rings. The average Bonchev–Trinajstić information content (AvgIpc) is 2.73. The zero-order valence-electron chi connectivity index (χ0n) is 15.1. The van der Waals surface area contributed by atoms with Gasteiger partial charge < -0.3 is 9.47 Å². The first-order chi connectivity index (χ1) is 13.6. The van der Waals surface area contributed by atoms with Crippen LogP contribution in [0.3, 0.4) is 0 Å². The standard InChI is InChI=1S/C23H17BrO4/c1-27-20-13-8-18(9-14-20)23(26)28-22-5-3-2-4-17(22)10-15-21(25)16-6-11-19(24)12-7-16/h2-15H,1H3. The molecule has 0 saturated carbocycles. The van der Waals surface area contributed by atoms with Crippen molar-refractivity contribution in [3.63, 3.8) is 0 Å². The highest BCUT2D eigenvalue weighted by atomic mass is 79.9. The van der Waals surface area contributed by atoms with Crippen LogP contribution in [0.2, 0.25) is 0 Å². The van der Waals surface area contributed by atoms with Crippen LogP contribution in [-0.4, -0.2) is 18.9 Å². The van der Waals surface area contributed by atoms with Crippen molar-refractivity contribution < 1.29 is 19.1 Å². The Labute approximate surface area is 171 Å². The molecular weight excluding hydrogens is 420 g/mol. The molecule has 0 aromatic heterocycles. The third-order valence-corrected chi connectivity index (χ3v) is 4.52. The van der Waals surface area contributed by atoms with Gasteiger partial charge in [-0.1, -0.05) is 34.1 Å². The lowest BCUT2D eigenvalue weighted by Gasteiger charge is -2.08. The van der Waals surface area contributed by atoms with Crippen molar-refractivity contribution in [1.29, 1.82) is 0 Å². The fourth-order valence-electron chi connectivity index (χ4n) is 2.47. The van der Waals surface area contributed by atoms with Crippen LogP contribution in [0.15, 0.2) is 83.3 Å². The second-order valence-electron chi connectivity index (χ2n) is 5.86. The van der Waals surface area contributed by atoms with Crippen molar-refractivity contribution in [2.24, 2.45) is 0 Å². The molecule has 0 atom stereocenters. The first-order valence-electron chi connectivity index (χ1n) is 8.50. The van der Waals surface area contributed by atoms with E-state index in [1.165, 1.54) is 6.08 Å². The zero-order chi connectivity index (χ0) is 19.9. The van der Waals surface area contributed by atoms with Crippen LogP contribution >= 0.6 is 15.9 Å². The second kappa shape index (κ2) is 9.15. The lowest BCUT2D eigenvalue weighted by molar-refractivity contribution is 0.0734. The van der Waals surface area contributed by atoms with Gasteiger partial charge in [0, 0.05) is 15.6 Å². The molecule has 3 aromatic carbocycles. The highest BCUT2D eigenvalue weighted by Gasteiger charge is 2.11. The normalized spacial score (nSPS) is 10.6. The molecule has 4 nitrogen and oxygen atoms in total. The van der Waals surface area contributed by atoms with Gasteiger partial charge in [0.1, 0.15) is 11.5 Å². The van der Waals surface area contributed by atoms with Gasteiger partial charge in [-0.25, -0.2) is 4.79 Å². The van der Waals surface area contributed by atoms with E-state index >= 15 is 0 Å². The quantitative estimate of drug-likeness (QED) is 0.219. The summed E-state index contributed by atoms with van der Waals surface area (Å²) in [5.41, 5.74) is 1.62. The average molecular weight is 437 g/mol. The van der Waals surface area contributed by atoms with Crippen molar-refractivity contribution >= 4 is 33.8 Å². The number of allylic oxidation sites excluding steroid dienone is 1. The third kappa shape index (κ3) is 4.96. The maximum atomic E-state index is 12.4. The van der Waals surface area contributed by atoms with Crippen LogP contribution in [-0.2, 0) is 0 Å². The molecular formula is C23H17BrO4. The molecule has 0 aliphatic heterocycles. The summed E-state index contributed by atoms with van der Waals surface area (Å²) in [4.78, 5) is 24.7. The Morgan fingerprint density at radius 2 is 1.50 bits per heavy atom. The lowest BCUT2D eigenvalue weighted by atomic mass is 10.1. The molecule has 140 valence electrons. The Hall–Kier alpha value is -3.18. The van der Waals surface area contributed by atoms with Crippen LogP contribution in [0, 0.1) is 0 Å². The van der Waals surface area contributed by atoms with E-state index in [9.17, 15) is 9.59 Å². The summed E-state index contributed by atoms with van der Waals surface area (Å²) in [6, 6.07) is 20.8. The highest BCUT2D eigenvalue weighted by Crippen LogP contribution is 2.22. The molecule has 5 heteroatoms. The first kappa shape index (κ1) is 19.6. The van der Waals surface area contributed by atoms with Gasteiger partial charge in [0.25, 0.3) is 0 Å². The summed E-state index contributed by atoms with van der Waals surface area (Å²) in [6.07, 6.45) is 3.10. The molecule has 0 bridgehead atoms. The second-order valence-corrected chi connectivity index (χ2v) is 6.78. The summed E-state index contributed by atoms with van der Waals surface area (Å²) in [7, 11) is 1.56. The summed E-state index contributed by atoms with van der Waals surface area (Å²) >= 11 is 3.35. The van der Waals surface area contributed by atoms with E-state index in [1.807, 2.05) is 18.2 Å². The zero-order valence-corrected chi connectivity index (χ0v) is 16.7. The number of ketones is 1. The number of ether oxygens (including phenoxy) is 2. The predicted octanol–water partition coefficient (Wildman–Crippen LogP) is 5.57. The number of rotatable bonds is 6. The Morgan fingerprint density at radius 1 is 0.857 bits per heavy atom. The van der Waals surface area contributed by atoms with Gasteiger partial charge in [-0.15, -0.1) is 0 Å². The molecule has 0 unspecified atom stereocenters. The summed E-state index contributed by atoms with van der Waals surface area (Å²) < 4.78 is 11.5. The molecule has 0 amide bonds. The van der Waals surface area contributed by atoms with Crippen molar-refractivity contribution in [1.82, 2.24) is 0 Å². The minimum atomic E-state index is -0.484. The Bertz CT molecular complexity index is 1010. The number of carbonyl (C=O) groups excluding carboxylic acids is 2. The summed E-state index contributed by atoms with van der Waals surface area (Å²) in [6.45, 7) is 0. The number of esters is 1. The van der Waals surface area contributed by atoms with Gasteiger partial charge >= 0.3 is 5.97 Å². The van der Waals surface area contributed by atoms with E-state index in [4.69, 9.17) is 9.47 Å². The summed E-state index contributed by atoms with van der Waals surface area (Å²) in [5, 5.41) is 0. The minimum absolute atomic E-state index is 0.135. The van der Waals surface area contributed by atoms with Gasteiger partial charge in [0.05, 0.1) is 12.7 Å². The van der Waals surface area contributed by atoms with Crippen molar-refractivity contribution in [2.45, 2.75) is 0 Å². The molecule has 3 aromatic rings. The van der Waals surface area contributed by atoms with Crippen molar-refractivity contribution in [2.75, 3.05) is 7.11 Å². The van der Waals surface area contributed by atoms with E-state index < -0.39 is 5.97 Å². The number of methoxy groups -OCH3 is 1. The monoisotopic (exact) mass is 436 g/mol. The van der Waals surface area contributed by atoms with Gasteiger partial charge in [0.2, 0.25) is 0 Å². The highest BCUT2D eigenvalue weighted by molar-refractivity contribution is 9.10. The van der Waals surface area contributed by atoms with Crippen LogP contribution in [0.25, 0.3) is 6.08 Å². The maximum absolute atomic E-state index is 12.4. The van der Waals surface area contributed by atoms with Gasteiger partial charge in [-0.3, -0.25) is 4.79 Å². The third-order valence-electron chi connectivity index (χ3n) is 3.99. The Balaban J connectivity index is 1.75. The van der Waals surface area contributed by atoms with Crippen LogP contribution in [0.4, 0.5) is 0 Å². The predicted molar refractivity (Wildman–Crippen MR) is 112 cm³/mol. The van der Waals surface area contributed by atoms with Crippen LogP contribution < -0.4 is 9.47 Å². The van der Waals surface area contributed by atoms with Crippen molar-refractivity contribution in [3.05, 3.63) is 100 Å². The van der Waals surface area contributed by atoms with E-state index in [1.54, 1.807) is 67.8 Å². The number of para-hydroxylation sites is 1. The SMILES string of the molecule is COc1ccc(C(=O)Oc2ccccc2C=CC(=O)c2ccc(Br)cc2)cc1. The number of hydrogen-bond acceptors (Lipinski definition) is 4. The molecule has 0 heterocycles. The Kier molecular flexibility index (Phi) is 6.40. The molecule has 0 N–H and O–H groups in total. The molecule has 0 saturated heterocycles. The molecule has 3 rings (SSSR count). The van der Waals surface area contributed by atoms with E-state index in [2.05, 4.69) is 15.9 Å². The smallest absolute Gasteiger partial charge is 0.343 e. The minimum Gasteiger partial charge on any atom is -0.497 e. The Morgan fingerprint density at radius 3 is 2.18 bits per heavy atom. The van der Waals surface area contributed by atoms with Gasteiger partial charge in [-0.2, -0.15) is 0 Å². The van der Waals surface area contributed by atoms with E-state index in [0.29, 0.717) is 28.2 Å². The fourth-order valence-corrected chi connectivity index (χ4v) is 2.74.